The Morgan fingerprint density at radius 1 is 1.11 bits per heavy atom. The monoisotopic (exact) mass is 374 g/mol. The number of phenolic OH excluding ortho intramolecular Hbond substituents is 1. The molecule has 3 N–H and O–H groups in total. The van der Waals surface area contributed by atoms with Crippen LogP contribution in [0.1, 0.15) is 16.1 Å². The summed E-state index contributed by atoms with van der Waals surface area (Å²) >= 11 is 0. The van der Waals surface area contributed by atoms with Crippen molar-refractivity contribution in [3.8, 4) is 17.0 Å². The molecule has 1 aromatic heterocycles. The lowest BCUT2D eigenvalue weighted by atomic mass is 10.0. The third-order valence-corrected chi connectivity index (χ3v) is 4.27. The second-order valence-electron chi connectivity index (χ2n) is 6.09. The molecule has 138 valence electrons. The highest BCUT2D eigenvalue weighted by molar-refractivity contribution is 6.03. The van der Waals surface area contributed by atoms with Gasteiger partial charge in [0.05, 0.1) is 11.9 Å². The van der Waals surface area contributed by atoms with Crippen molar-refractivity contribution in [1.29, 1.82) is 0 Å². The average Bonchev–Trinajstić information content (AvgIpc) is 3.20. The van der Waals surface area contributed by atoms with Crippen molar-refractivity contribution in [3.63, 3.8) is 0 Å². The Labute approximate surface area is 159 Å². The molecule has 0 aliphatic rings. The Balaban J connectivity index is 1.51. The second kappa shape index (κ2) is 7.32. The number of H-pyrrole nitrogens is 1. The van der Waals surface area contributed by atoms with Gasteiger partial charge in [0, 0.05) is 11.1 Å². The van der Waals surface area contributed by atoms with Crippen LogP contribution in [0.5, 0.6) is 5.75 Å². The van der Waals surface area contributed by atoms with Gasteiger partial charge in [-0.1, -0.05) is 30.3 Å². The maximum absolute atomic E-state index is 13.0. The fourth-order valence-electron chi connectivity index (χ4n) is 2.84. The van der Waals surface area contributed by atoms with Gasteiger partial charge in [-0.2, -0.15) is 10.2 Å². The van der Waals surface area contributed by atoms with E-state index in [-0.39, 0.29) is 17.3 Å². The zero-order valence-corrected chi connectivity index (χ0v) is 14.6. The predicted octanol–water partition coefficient (Wildman–Crippen LogP) is 3.84. The number of hydrazone groups is 1. The van der Waals surface area contributed by atoms with Crippen LogP contribution in [0.25, 0.3) is 22.0 Å². The van der Waals surface area contributed by atoms with Crippen molar-refractivity contribution < 1.29 is 14.3 Å². The number of carbonyl (C=O) groups excluding carboxylic acids is 1. The Morgan fingerprint density at radius 3 is 2.71 bits per heavy atom. The molecule has 4 rings (SSSR count). The summed E-state index contributed by atoms with van der Waals surface area (Å²) in [7, 11) is 0. The number of benzene rings is 3. The van der Waals surface area contributed by atoms with Gasteiger partial charge in [0.1, 0.15) is 17.3 Å². The van der Waals surface area contributed by atoms with Crippen molar-refractivity contribution in [1.82, 2.24) is 15.6 Å². The lowest BCUT2D eigenvalue weighted by Gasteiger charge is -2.04. The van der Waals surface area contributed by atoms with Crippen LogP contribution >= 0.6 is 0 Å². The maximum Gasteiger partial charge on any atom is 0.289 e. The first-order chi connectivity index (χ1) is 13.6. The molecule has 0 bridgehead atoms. The number of amides is 1. The molecule has 0 atom stereocenters. The molecule has 3 aromatic carbocycles. The molecule has 0 aliphatic heterocycles. The molecule has 0 radical (unpaired) electrons. The highest BCUT2D eigenvalue weighted by Gasteiger charge is 2.11. The summed E-state index contributed by atoms with van der Waals surface area (Å²) in [6.07, 6.45) is 1.40. The first-order valence-corrected chi connectivity index (χ1v) is 8.47. The Morgan fingerprint density at radius 2 is 1.89 bits per heavy atom. The summed E-state index contributed by atoms with van der Waals surface area (Å²) in [5.74, 6) is -0.767. The minimum atomic E-state index is -0.489. The fourth-order valence-corrected chi connectivity index (χ4v) is 2.84. The van der Waals surface area contributed by atoms with E-state index in [0.717, 1.165) is 10.8 Å². The third kappa shape index (κ3) is 3.45. The minimum Gasteiger partial charge on any atom is -0.507 e. The highest BCUT2D eigenvalue weighted by Crippen LogP contribution is 2.25. The largest absolute Gasteiger partial charge is 0.507 e. The SMILES string of the molecule is O=C(N/N=C/c1c(O)ccc2ccccc12)c1cc(-c2ccc(F)cc2)n[nH]1. The number of nitrogens with zero attached hydrogens (tertiary/aromatic N) is 2. The van der Waals surface area contributed by atoms with Crippen LogP contribution in [0, 0.1) is 5.82 Å². The Bertz CT molecular complexity index is 1180. The normalized spacial score (nSPS) is 11.2. The number of nitrogens with one attached hydrogen (secondary N) is 2. The number of fused-ring (bicyclic) bond motifs is 1. The number of carbonyl (C=O) groups is 1. The molecule has 0 aliphatic carbocycles. The molecule has 28 heavy (non-hydrogen) atoms. The van der Waals surface area contributed by atoms with Crippen LogP contribution < -0.4 is 5.43 Å². The summed E-state index contributed by atoms with van der Waals surface area (Å²) in [4.78, 5) is 12.3. The van der Waals surface area contributed by atoms with Gasteiger partial charge in [0.2, 0.25) is 0 Å². The lowest BCUT2D eigenvalue weighted by Crippen LogP contribution is -2.18. The molecular weight excluding hydrogens is 359 g/mol. The smallest absolute Gasteiger partial charge is 0.289 e. The number of phenols is 1. The number of aromatic nitrogens is 2. The van der Waals surface area contributed by atoms with E-state index in [2.05, 4.69) is 20.7 Å². The van der Waals surface area contributed by atoms with Crippen LogP contribution in [-0.2, 0) is 0 Å². The number of rotatable bonds is 4. The van der Waals surface area contributed by atoms with Crippen molar-refractivity contribution >= 4 is 22.9 Å². The third-order valence-electron chi connectivity index (χ3n) is 4.27. The van der Waals surface area contributed by atoms with E-state index in [1.54, 1.807) is 24.3 Å². The van der Waals surface area contributed by atoms with Gasteiger partial charge in [0.15, 0.2) is 0 Å². The summed E-state index contributed by atoms with van der Waals surface area (Å²) in [6, 6.07) is 18.3. The average molecular weight is 374 g/mol. The van der Waals surface area contributed by atoms with E-state index in [4.69, 9.17) is 0 Å². The minimum absolute atomic E-state index is 0.0665. The van der Waals surface area contributed by atoms with E-state index < -0.39 is 5.91 Å². The molecule has 0 saturated carbocycles. The van der Waals surface area contributed by atoms with Gasteiger partial charge in [-0.15, -0.1) is 0 Å². The molecular formula is C21H15FN4O2. The summed E-state index contributed by atoms with van der Waals surface area (Å²) in [5, 5.41) is 22.5. The van der Waals surface area contributed by atoms with Gasteiger partial charge in [-0.05, 0) is 47.2 Å². The maximum atomic E-state index is 13.0. The van der Waals surface area contributed by atoms with E-state index in [9.17, 15) is 14.3 Å². The van der Waals surface area contributed by atoms with Gasteiger partial charge in [-0.25, -0.2) is 9.82 Å². The number of halogens is 1. The van der Waals surface area contributed by atoms with Crippen LogP contribution in [0.2, 0.25) is 0 Å². The van der Waals surface area contributed by atoms with Crippen molar-refractivity contribution in [3.05, 3.63) is 83.8 Å². The summed E-state index contributed by atoms with van der Waals surface area (Å²) in [6.45, 7) is 0. The molecule has 7 heteroatoms. The molecule has 0 spiro atoms. The summed E-state index contributed by atoms with van der Waals surface area (Å²) in [5.41, 5.74) is 4.31. The van der Waals surface area contributed by atoms with Gasteiger partial charge < -0.3 is 5.11 Å². The van der Waals surface area contributed by atoms with E-state index in [0.29, 0.717) is 16.8 Å². The molecule has 4 aromatic rings. The van der Waals surface area contributed by atoms with E-state index in [1.807, 2.05) is 30.3 Å². The Hall–Kier alpha value is -4.00. The second-order valence-corrected chi connectivity index (χ2v) is 6.09. The van der Waals surface area contributed by atoms with Crippen molar-refractivity contribution in [2.75, 3.05) is 0 Å². The van der Waals surface area contributed by atoms with E-state index >= 15 is 0 Å². The number of hydrogen-bond donors (Lipinski definition) is 3. The first-order valence-electron chi connectivity index (χ1n) is 8.47. The molecule has 0 unspecified atom stereocenters. The zero-order valence-electron chi connectivity index (χ0n) is 14.6. The summed E-state index contributed by atoms with van der Waals surface area (Å²) < 4.78 is 13.0. The van der Waals surface area contributed by atoms with E-state index in [1.165, 1.54) is 18.3 Å². The molecule has 6 nitrogen and oxygen atoms in total. The quantitative estimate of drug-likeness (QED) is 0.374. The number of aromatic hydroxyl groups is 1. The van der Waals surface area contributed by atoms with Gasteiger partial charge in [0.25, 0.3) is 5.91 Å². The first kappa shape index (κ1) is 17.4. The highest BCUT2D eigenvalue weighted by atomic mass is 19.1. The zero-order chi connectivity index (χ0) is 19.5. The molecule has 0 fully saturated rings. The van der Waals surface area contributed by atoms with Crippen LogP contribution in [-0.4, -0.2) is 27.4 Å². The topological polar surface area (TPSA) is 90.4 Å². The van der Waals surface area contributed by atoms with Crippen molar-refractivity contribution in [2.24, 2.45) is 5.10 Å². The predicted molar refractivity (Wildman–Crippen MR) is 105 cm³/mol. The molecule has 1 heterocycles. The van der Waals surface area contributed by atoms with Crippen LogP contribution in [0.15, 0.2) is 71.8 Å². The van der Waals surface area contributed by atoms with Crippen molar-refractivity contribution in [2.45, 2.75) is 0 Å². The standard InChI is InChI=1S/C21H15FN4O2/c22-15-8-5-14(6-9-15)18-11-19(25-24-18)21(28)26-23-12-17-16-4-2-1-3-13(16)7-10-20(17)27/h1-12,27H,(H,24,25)(H,26,28)/b23-12+. The number of hydrogen-bond acceptors (Lipinski definition) is 4. The molecule has 1 amide bonds. The Kier molecular flexibility index (Phi) is 4.55. The van der Waals surface area contributed by atoms with Gasteiger partial charge in [-0.3, -0.25) is 9.89 Å². The van der Waals surface area contributed by atoms with Crippen LogP contribution in [0.4, 0.5) is 4.39 Å². The van der Waals surface area contributed by atoms with Gasteiger partial charge >= 0.3 is 0 Å². The molecule has 0 saturated heterocycles. The van der Waals surface area contributed by atoms with Crippen LogP contribution in [0.3, 0.4) is 0 Å². The number of aromatic amines is 1. The lowest BCUT2D eigenvalue weighted by molar-refractivity contribution is 0.0950. The fraction of sp³-hybridized carbons (Fsp3) is 0.